The summed E-state index contributed by atoms with van der Waals surface area (Å²) in [6.07, 6.45) is 14.5. The number of aliphatic hydroxyl groups excluding tert-OH is 1. The summed E-state index contributed by atoms with van der Waals surface area (Å²) in [5.74, 6) is -0.161. The Morgan fingerprint density at radius 3 is 1.91 bits per heavy atom. The number of nitrogens with zero attached hydrogens (tertiary/aromatic N) is 1. The summed E-state index contributed by atoms with van der Waals surface area (Å²) in [7, 11) is 1.61. The SMILES string of the molecule is CCCCCCCCCC(O)C(COP(=O)(O)OCC[N+](C)(C)C)NC(=O)CCCCCCCC. The summed E-state index contributed by atoms with van der Waals surface area (Å²) in [5.41, 5.74) is 0. The molecule has 0 heterocycles. The van der Waals surface area contributed by atoms with Crippen molar-refractivity contribution >= 4 is 13.7 Å². The summed E-state index contributed by atoms with van der Waals surface area (Å²) < 4.78 is 23.2. The van der Waals surface area contributed by atoms with Crippen LogP contribution in [0.15, 0.2) is 0 Å². The van der Waals surface area contributed by atoms with Crippen LogP contribution in [0.25, 0.3) is 0 Å². The average Bonchev–Trinajstić information content (AvgIpc) is 2.77. The lowest BCUT2D eigenvalue weighted by molar-refractivity contribution is -0.870. The van der Waals surface area contributed by atoms with Crippen LogP contribution in [0, 0.1) is 0 Å². The van der Waals surface area contributed by atoms with E-state index in [1.807, 2.05) is 21.1 Å². The highest BCUT2D eigenvalue weighted by atomic mass is 31.2. The van der Waals surface area contributed by atoms with Crippen molar-refractivity contribution in [3.63, 3.8) is 0 Å². The van der Waals surface area contributed by atoms with Crippen LogP contribution in [0.2, 0.25) is 0 Å². The maximum Gasteiger partial charge on any atom is 0.472 e. The number of phosphoric acid groups is 1. The van der Waals surface area contributed by atoms with Gasteiger partial charge in [0.15, 0.2) is 0 Å². The Labute approximate surface area is 215 Å². The van der Waals surface area contributed by atoms with Gasteiger partial charge in [-0.05, 0) is 12.8 Å². The number of aliphatic hydroxyl groups is 1. The van der Waals surface area contributed by atoms with Gasteiger partial charge in [0.1, 0.15) is 13.2 Å². The lowest BCUT2D eigenvalue weighted by atomic mass is 10.0. The molecule has 0 radical (unpaired) electrons. The molecule has 0 rings (SSSR count). The Hall–Kier alpha value is -0.500. The fourth-order valence-corrected chi connectivity index (χ4v) is 4.48. The Morgan fingerprint density at radius 2 is 1.37 bits per heavy atom. The summed E-state index contributed by atoms with van der Waals surface area (Å²) in [5, 5.41) is 13.6. The minimum Gasteiger partial charge on any atom is -0.391 e. The van der Waals surface area contributed by atoms with E-state index in [1.54, 1.807) is 0 Å². The van der Waals surface area contributed by atoms with Gasteiger partial charge < -0.3 is 19.8 Å². The topological polar surface area (TPSA) is 105 Å². The van der Waals surface area contributed by atoms with Gasteiger partial charge in [0.2, 0.25) is 5.91 Å². The van der Waals surface area contributed by atoms with E-state index in [1.165, 1.54) is 44.9 Å². The van der Waals surface area contributed by atoms with E-state index in [4.69, 9.17) is 9.05 Å². The van der Waals surface area contributed by atoms with Crippen molar-refractivity contribution in [2.24, 2.45) is 0 Å². The molecule has 0 aromatic carbocycles. The molecule has 0 saturated heterocycles. The summed E-state index contributed by atoms with van der Waals surface area (Å²) in [4.78, 5) is 22.5. The van der Waals surface area contributed by atoms with Gasteiger partial charge in [-0.3, -0.25) is 13.8 Å². The van der Waals surface area contributed by atoms with E-state index in [0.717, 1.165) is 38.5 Å². The monoisotopic (exact) mass is 523 g/mol. The zero-order chi connectivity index (χ0) is 26.6. The van der Waals surface area contributed by atoms with Gasteiger partial charge in [0, 0.05) is 6.42 Å². The predicted molar refractivity (Wildman–Crippen MR) is 143 cm³/mol. The van der Waals surface area contributed by atoms with Crippen molar-refractivity contribution < 1.29 is 32.9 Å². The minimum atomic E-state index is -4.27. The summed E-state index contributed by atoms with van der Waals surface area (Å²) in [6, 6.07) is -0.745. The molecule has 0 aliphatic heterocycles. The average molecular weight is 524 g/mol. The van der Waals surface area contributed by atoms with Gasteiger partial charge in [0.05, 0.1) is 39.9 Å². The molecule has 0 spiro atoms. The molecule has 0 aliphatic rings. The molecule has 0 aromatic rings. The maximum atomic E-state index is 12.5. The number of carbonyl (C=O) groups excluding carboxylic acids is 1. The first kappa shape index (κ1) is 34.5. The highest BCUT2D eigenvalue weighted by Gasteiger charge is 2.28. The highest BCUT2D eigenvalue weighted by molar-refractivity contribution is 7.47. The fraction of sp³-hybridized carbons (Fsp3) is 0.962. The molecule has 35 heavy (non-hydrogen) atoms. The zero-order valence-corrected chi connectivity index (χ0v) is 24.2. The number of unbranched alkanes of at least 4 members (excludes halogenated alkanes) is 11. The van der Waals surface area contributed by atoms with Gasteiger partial charge in [0.25, 0.3) is 0 Å². The number of hydrogen-bond donors (Lipinski definition) is 3. The Balaban J connectivity index is 4.65. The third kappa shape index (κ3) is 22.4. The molecule has 8 nitrogen and oxygen atoms in total. The van der Waals surface area contributed by atoms with Crippen LogP contribution in [0.4, 0.5) is 0 Å². The maximum absolute atomic E-state index is 12.5. The second kappa shape index (κ2) is 20.5. The lowest BCUT2D eigenvalue weighted by Crippen LogP contribution is -2.46. The molecule has 1 amide bonds. The normalized spacial score (nSPS) is 15.5. The molecular weight excluding hydrogens is 467 g/mol. The standard InChI is InChI=1S/C26H55N2O6P/c1-6-8-10-12-14-15-17-19-25(29)24(27-26(30)20-18-16-13-11-9-7-2)23-34-35(31,32)33-22-21-28(3,4)5/h24-25,29H,6-23H2,1-5H3,(H-,27,30,31,32)/p+1. The van der Waals surface area contributed by atoms with Crippen molar-refractivity contribution in [3.8, 4) is 0 Å². The first-order valence-electron chi connectivity index (χ1n) is 13.9. The zero-order valence-electron chi connectivity index (χ0n) is 23.3. The first-order valence-corrected chi connectivity index (χ1v) is 15.4. The lowest BCUT2D eigenvalue weighted by Gasteiger charge is -2.26. The smallest absolute Gasteiger partial charge is 0.391 e. The van der Waals surface area contributed by atoms with E-state index < -0.39 is 20.0 Å². The number of carbonyl (C=O) groups is 1. The molecule has 9 heteroatoms. The molecule has 0 bridgehead atoms. The quantitative estimate of drug-likeness (QED) is 0.0869. The molecule has 0 saturated carbocycles. The van der Waals surface area contributed by atoms with Crippen LogP contribution in [0.3, 0.4) is 0 Å². The van der Waals surface area contributed by atoms with E-state index in [9.17, 15) is 19.4 Å². The molecule has 3 atom stereocenters. The first-order chi connectivity index (χ1) is 16.5. The predicted octanol–water partition coefficient (Wildman–Crippen LogP) is 5.56. The number of hydrogen-bond acceptors (Lipinski definition) is 5. The van der Waals surface area contributed by atoms with Crippen molar-refractivity contribution in [2.75, 3.05) is 40.9 Å². The number of nitrogens with one attached hydrogen (secondary N) is 1. The number of likely N-dealkylation sites (N-methyl/N-ethyl adjacent to an activating group) is 1. The molecule has 0 aliphatic carbocycles. The van der Waals surface area contributed by atoms with Gasteiger partial charge in [-0.1, -0.05) is 90.9 Å². The van der Waals surface area contributed by atoms with Gasteiger partial charge in [-0.2, -0.15) is 0 Å². The number of amides is 1. The Morgan fingerprint density at radius 1 is 0.857 bits per heavy atom. The third-order valence-electron chi connectivity index (χ3n) is 6.11. The van der Waals surface area contributed by atoms with E-state index in [-0.39, 0.29) is 19.1 Å². The largest absolute Gasteiger partial charge is 0.472 e. The second-order valence-electron chi connectivity index (χ2n) is 10.8. The van der Waals surface area contributed by atoms with Crippen LogP contribution in [0.1, 0.15) is 110 Å². The Bertz CT molecular complexity index is 571. The molecule has 210 valence electrons. The van der Waals surface area contributed by atoms with Crippen molar-refractivity contribution in [1.82, 2.24) is 5.32 Å². The van der Waals surface area contributed by atoms with Crippen molar-refractivity contribution in [3.05, 3.63) is 0 Å². The van der Waals surface area contributed by atoms with Crippen LogP contribution >= 0.6 is 7.82 Å². The van der Waals surface area contributed by atoms with Crippen molar-refractivity contribution in [2.45, 2.75) is 122 Å². The number of quaternary nitrogens is 1. The molecule has 3 unspecified atom stereocenters. The van der Waals surface area contributed by atoms with Gasteiger partial charge in [-0.25, -0.2) is 4.57 Å². The van der Waals surface area contributed by atoms with E-state index >= 15 is 0 Å². The third-order valence-corrected chi connectivity index (χ3v) is 7.09. The second-order valence-corrected chi connectivity index (χ2v) is 12.2. The van der Waals surface area contributed by atoms with E-state index in [2.05, 4.69) is 19.2 Å². The van der Waals surface area contributed by atoms with Crippen molar-refractivity contribution in [1.29, 1.82) is 0 Å². The fourth-order valence-electron chi connectivity index (χ4n) is 3.75. The summed E-state index contributed by atoms with van der Waals surface area (Å²) in [6.45, 7) is 4.73. The molecule has 3 N–H and O–H groups in total. The molecule has 0 aromatic heterocycles. The molecular formula is C26H56N2O6P+. The highest BCUT2D eigenvalue weighted by Crippen LogP contribution is 2.43. The number of rotatable bonds is 24. The summed E-state index contributed by atoms with van der Waals surface area (Å²) >= 11 is 0. The Kier molecular flexibility index (Phi) is 20.3. The van der Waals surface area contributed by atoms with Crippen LogP contribution in [-0.2, 0) is 18.4 Å². The number of phosphoric ester groups is 1. The van der Waals surface area contributed by atoms with Crippen LogP contribution in [0.5, 0.6) is 0 Å². The van der Waals surface area contributed by atoms with Gasteiger partial charge >= 0.3 is 7.82 Å². The van der Waals surface area contributed by atoms with Gasteiger partial charge in [-0.15, -0.1) is 0 Å². The molecule has 0 fully saturated rings. The van der Waals surface area contributed by atoms with Crippen LogP contribution in [-0.4, -0.2) is 73.4 Å². The van der Waals surface area contributed by atoms with E-state index in [0.29, 0.717) is 23.9 Å². The van der Waals surface area contributed by atoms with Crippen LogP contribution < -0.4 is 5.32 Å². The minimum absolute atomic E-state index is 0.0763.